The van der Waals surface area contributed by atoms with Gasteiger partial charge in [0.15, 0.2) is 0 Å². The van der Waals surface area contributed by atoms with Gasteiger partial charge in [-0.15, -0.1) is 0 Å². The SMILES string of the molecule is C=C(C(=O)OCCCC)C(O)c1cc(=O)c(OCc2ccccc2)co1. The second kappa shape index (κ2) is 9.58. The molecule has 0 aliphatic heterocycles. The molecule has 1 aromatic carbocycles. The predicted octanol–water partition coefficient (Wildman–Crippen LogP) is 3.15. The molecule has 0 radical (unpaired) electrons. The summed E-state index contributed by atoms with van der Waals surface area (Å²) in [7, 11) is 0. The topological polar surface area (TPSA) is 86.0 Å². The summed E-state index contributed by atoms with van der Waals surface area (Å²) in [5.41, 5.74) is 0.245. The van der Waals surface area contributed by atoms with Crippen LogP contribution in [0.3, 0.4) is 0 Å². The lowest BCUT2D eigenvalue weighted by Gasteiger charge is -2.13. The highest BCUT2D eigenvalue weighted by Crippen LogP contribution is 2.22. The number of esters is 1. The number of unbranched alkanes of at least 4 members (excludes halogenated alkanes) is 1. The smallest absolute Gasteiger partial charge is 0.336 e. The molecule has 2 aromatic rings. The van der Waals surface area contributed by atoms with E-state index in [1.165, 1.54) is 0 Å². The Morgan fingerprint density at radius 1 is 1.31 bits per heavy atom. The largest absolute Gasteiger partial charge is 0.482 e. The predicted molar refractivity (Wildman–Crippen MR) is 95.7 cm³/mol. The van der Waals surface area contributed by atoms with Crippen LogP contribution >= 0.6 is 0 Å². The summed E-state index contributed by atoms with van der Waals surface area (Å²) in [6.45, 7) is 5.95. The number of hydrogen-bond acceptors (Lipinski definition) is 6. The molecule has 0 fully saturated rings. The Morgan fingerprint density at radius 2 is 2.04 bits per heavy atom. The fraction of sp³-hybridized carbons (Fsp3) is 0.300. The third kappa shape index (κ3) is 5.32. The minimum Gasteiger partial charge on any atom is -0.482 e. The molecule has 2 rings (SSSR count). The number of rotatable bonds is 9. The van der Waals surface area contributed by atoms with Crippen molar-refractivity contribution in [1.29, 1.82) is 0 Å². The fourth-order valence-corrected chi connectivity index (χ4v) is 2.08. The van der Waals surface area contributed by atoms with Crippen molar-refractivity contribution in [3.05, 3.63) is 76.4 Å². The zero-order chi connectivity index (χ0) is 18.9. The summed E-state index contributed by atoms with van der Waals surface area (Å²) in [5, 5.41) is 10.2. The van der Waals surface area contributed by atoms with Crippen LogP contribution in [0, 0.1) is 0 Å². The number of carbonyl (C=O) groups is 1. The molecule has 1 N–H and O–H groups in total. The molecule has 0 aliphatic rings. The molecule has 6 nitrogen and oxygen atoms in total. The Kier molecular flexibility index (Phi) is 7.17. The van der Waals surface area contributed by atoms with E-state index in [-0.39, 0.29) is 30.3 Å². The average molecular weight is 358 g/mol. The molecule has 1 heterocycles. The van der Waals surface area contributed by atoms with E-state index in [1.807, 2.05) is 37.3 Å². The monoisotopic (exact) mass is 358 g/mol. The first-order chi connectivity index (χ1) is 12.5. The Morgan fingerprint density at radius 3 is 2.69 bits per heavy atom. The van der Waals surface area contributed by atoms with Crippen LogP contribution in [0.25, 0.3) is 0 Å². The fourth-order valence-electron chi connectivity index (χ4n) is 2.08. The molecule has 0 saturated carbocycles. The van der Waals surface area contributed by atoms with Gasteiger partial charge in [-0.05, 0) is 12.0 Å². The number of aliphatic hydroxyl groups is 1. The van der Waals surface area contributed by atoms with Gasteiger partial charge in [-0.1, -0.05) is 50.3 Å². The number of carbonyl (C=O) groups excluding carboxylic acids is 1. The van der Waals surface area contributed by atoms with Gasteiger partial charge in [0, 0.05) is 6.07 Å². The van der Waals surface area contributed by atoms with Crippen molar-refractivity contribution in [1.82, 2.24) is 0 Å². The van der Waals surface area contributed by atoms with Crippen LogP contribution in [0.5, 0.6) is 5.75 Å². The third-order valence-corrected chi connectivity index (χ3v) is 3.65. The zero-order valence-corrected chi connectivity index (χ0v) is 14.6. The Labute approximate surface area is 151 Å². The molecule has 26 heavy (non-hydrogen) atoms. The second-order valence-electron chi connectivity index (χ2n) is 5.70. The molecule has 1 atom stereocenters. The zero-order valence-electron chi connectivity index (χ0n) is 14.6. The molecule has 1 aromatic heterocycles. The summed E-state index contributed by atoms with van der Waals surface area (Å²) in [5.74, 6) is -0.807. The Hall–Kier alpha value is -2.86. The summed E-state index contributed by atoms with van der Waals surface area (Å²) < 4.78 is 15.7. The van der Waals surface area contributed by atoms with Crippen LogP contribution in [0.4, 0.5) is 0 Å². The molecular formula is C20H22O6. The maximum absolute atomic E-state index is 12.1. The van der Waals surface area contributed by atoms with Crippen LogP contribution in [-0.4, -0.2) is 17.7 Å². The second-order valence-corrected chi connectivity index (χ2v) is 5.70. The van der Waals surface area contributed by atoms with Crippen LogP contribution in [0.2, 0.25) is 0 Å². The molecular weight excluding hydrogens is 336 g/mol. The van der Waals surface area contributed by atoms with Gasteiger partial charge in [-0.2, -0.15) is 0 Å². The normalized spacial score (nSPS) is 11.6. The molecule has 0 saturated heterocycles. The first kappa shape index (κ1) is 19.5. The summed E-state index contributed by atoms with van der Waals surface area (Å²) >= 11 is 0. The van der Waals surface area contributed by atoms with E-state index in [2.05, 4.69) is 6.58 Å². The van der Waals surface area contributed by atoms with Crippen LogP contribution < -0.4 is 10.2 Å². The van der Waals surface area contributed by atoms with Gasteiger partial charge < -0.3 is 19.0 Å². The van der Waals surface area contributed by atoms with Gasteiger partial charge in [0.1, 0.15) is 24.7 Å². The Bertz CT molecular complexity index is 793. The van der Waals surface area contributed by atoms with Crippen LogP contribution in [0.15, 0.2) is 64.0 Å². The summed E-state index contributed by atoms with van der Waals surface area (Å²) in [4.78, 5) is 23.9. The van der Waals surface area contributed by atoms with Crippen molar-refractivity contribution in [3.8, 4) is 5.75 Å². The van der Waals surface area contributed by atoms with E-state index < -0.39 is 17.5 Å². The average Bonchev–Trinajstić information content (AvgIpc) is 2.66. The van der Waals surface area contributed by atoms with E-state index in [0.717, 1.165) is 30.7 Å². The molecule has 0 aliphatic carbocycles. The highest BCUT2D eigenvalue weighted by Gasteiger charge is 2.22. The molecule has 6 heteroatoms. The molecule has 0 bridgehead atoms. The van der Waals surface area contributed by atoms with Gasteiger partial charge in [-0.25, -0.2) is 4.79 Å². The maximum Gasteiger partial charge on any atom is 0.336 e. The Balaban J connectivity index is 2.00. The van der Waals surface area contributed by atoms with Gasteiger partial charge in [0.05, 0.1) is 12.2 Å². The first-order valence-electron chi connectivity index (χ1n) is 8.36. The van der Waals surface area contributed by atoms with Crippen LogP contribution in [0.1, 0.15) is 37.2 Å². The van der Waals surface area contributed by atoms with Gasteiger partial charge in [-0.3, -0.25) is 4.79 Å². The molecule has 0 amide bonds. The molecule has 1 unspecified atom stereocenters. The van der Waals surface area contributed by atoms with Gasteiger partial charge in [0.25, 0.3) is 0 Å². The van der Waals surface area contributed by atoms with Gasteiger partial charge >= 0.3 is 5.97 Å². The van der Waals surface area contributed by atoms with E-state index in [1.54, 1.807) is 0 Å². The summed E-state index contributed by atoms with van der Waals surface area (Å²) in [6, 6.07) is 10.4. The minimum absolute atomic E-state index is 0.0148. The van der Waals surface area contributed by atoms with E-state index in [0.29, 0.717) is 0 Å². The first-order valence-corrected chi connectivity index (χ1v) is 8.36. The lowest BCUT2D eigenvalue weighted by atomic mass is 10.1. The van der Waals surface area contributed by atoms with E-state index in [4.69, 9.17) is 13.9 Å². The number of aliphatic hydroxyl groups excluding tert-OH is 1. The van der Waals surface area contributed by atoms with Crippen molar-refractivity contribution in [2.75, 3.05) is 6.61 Å². The summed E-state index contributed by atoms with van der Waals surface area (Å²) in [6.07, 6.45) is 1.25. The van der Waals surface area contributed by atoms with Crippen molar-refractivity contribution in [3.63, 3.8) is 0 Å². The minimum atomic E-state index is -1.46. The lowest BCUT2D eigenvalue weighted by molar-refractivity contribution is -0.140. The van der Waals surface area contributed by atoms with Crippen molar-refractivity contribution >= 4 is 5.97 Å². The number of ether oxygens (including phenoxy) is 2. The third-order valence-electron chi connectivity index (χ3n) is 3.65. The van der Waals surface area contributed by atoms with Gasteiger partial charge in [0.2, 0.25) is 11.2 Å². The number of hydrogen-bond donors (Lipinski definition) is 1. The number of benzene rings is 1. The highest BCUT2D eigenvalue weighted by atomic mass is 16.5. The molecule has 0 spiro atoms. The maximum atomic E-state index is 12.1. The lowest BCUT2D eigenvalue weighted by Crippen LogP contribution is -2.16. The highest BCUT2D eigenvalue weighted by molar-refractivity contribution is 5.88. The standard InChI is InChI=1S/C20H22O6/c1-3-4-10-24-20(23)14(2)19(22)17-11-16(21)18(13-26-17)25-12-15-8-6-5-7-9-15/h5-9,11,13,19,22H,2-4,10,12H2,1H3. The van der Waals surface area contributed by atoms with Crippen molar-refractivity contribution in [2.24, 2.45) is 0 Å². The van der Waals surface area contributed by atoms with Crippen LogP contribution in [-0.2, 0) is 16.1 Å². The van der Waals surface area contributed by atoms with E-state index >= 15 is 0 Å². The van der Waals surface area contributed by atoms with Crippen molar-refractivity contribution in [2.45, 2.75) is 32.5 Å². The van der Waals surface area contributed by atoms with E-state index in [9.17, 15) is 14.7 Å². The molecule has 138 valence electrons. The van der Waals surface area contributed by atoms with Crippen molar-refractivity contribution < 1.29 is 23.8 Å². The quantitative estimate of drug-likeness (QED) is 0.421.